The minimum absolute atomic E-state index is 0.148. The van der Waals surface area contributed by atoms with Gasteiger partial charge in [0.2, 0.25) is 0 Å². The van der Waals surface area contributed by atoms with Crippen molar-refractivity contribution >= 4 is 5.52 Å². The van der Waals surface area contributed by atoms with Crippen LogP contribution in [0.15, 0.2) is 18.3 Å². The van der Waals surface area contributed by atoms with E-state index in [0.29, 0.717) is 11.9 Å². The minimum Gasteiger partial charge on any atom is -0.238 e. The lowest BCUT2D eigenvalue weighted by Crippen LogP contribution is -1.94. The highest BCUT2D eigenvalue weighted by Crippen LogP contribution is 2.15. The van der Waals surface area contributed by atoms with E-state index in [2.05, 4.69) is 5.10 Å². The first-order valence-corrected chi connectivity index (χ1v) is 4.35. The fraction of sp³-hybridized carbons (Fsp3) is 0.300. The van der Waals surface area contributed by atoms with E-state index in [4.69, 9.17) is 0 Å². The van der Waals surface area contributed by atoms with Gasteiger partial charge in [-0.1, -0.05) is 6.92 Å². The van der Waals surface area contributed by atoms with E-state index in [1.807, 2.05) is 13.8 Å². The standard InChI is InChI=1S/C10H11FN2/c1-3-8-4-5-13-9(10(8)11)6-7(2)12-13/h4-6H,3H2,1-2H3. The van der Waals surface area contributed by atoms with Gasteiger partial charge in [0.25, 0.3) is 0 Å². The molecule has 0 saturated carbocycles. The number of aromatic nitrogens is 2. The molecule has 0 atom stereocenters. The van der Waals surface area contributed by atoms with Crippen LogP contribution in [0.25, 0.3) is 5.52 Å². The van der Waals surface area contributed by atoms with E-state index in [1.165, 1.54) is 0 Å². The Kier molecular flexibility index (Phi) is 1.79. The second kappa shape index (κ2) is 2.83. The number of pyridine rings is 1. The Bertz CT molecular complexity index is 445. The monoisotopic (exact) mass is 178 g/mol. The van der Waals surface area contributed by atoms with Crippen LogP contribution in [0.4, 0.5) is 4.39 Å². The van der Waals surface area contributed by atoms with Crippen molar-refractivity contribution in [3.05, 3.63) is 35.4 Å². The summed E-state index contributed by atoms with van der Waals surface area (Å²) in [7, 11) is 0. The number of hydrogen-bond donors (Lipinski definition) is 0. The number of fused-ring (bicyclic) bond motifs is 1. The van der Waals surface area contributed by atoms with Crippen molar-refractivity contribution < 1.29 is 4.39 Å². The van der Waals surface area contributed by atoms with Crippen LogP contribution in [0, 0.1) is 12.7 Å². The Balaban J connectivity index is 2.78. The van der Waals surface area contributed by atoms with Gasteiger partial charge in [-0.2, -0.15) is 5.10 Å². The average molecular weight is 178 g/mol. The van der Waals surface area contributed by atoms with Crippen molar-refractivity contribution in [2.24, 2.45) is 0 Å². The summed E-state index contributed by atoms with van der Waals surface area (Å²) in [5.41, 5.74) is 2.15. The van der Waals surface area contributed by atoms with Gasteiger partial charge in [-0.05, 0) is 31.0 Å². The molecule has 0 aromatic carbocycles. The SMILES string of the molecule is CCc1ccn2nc(C)cc2c1F. The van der Waals surface area contributed by atoms with Crippen molar-refractivity contribution in [2.45, 2.75) is 20.3 Å². The van der Waals surface area contributed by atoms with Gasteiger partial charge in [0.15, 0.2) is 5.82 Å². The molecule has 0 unspecified atom stereocenters. The third kappa shape index (κ3) is 1.20. The summed E-state index contributed by atoms with van der Waals surface area (Å²) in [6.45, 7) is 3.80. The van der Waals surface area contributed by atoms with Crippen LogP contribution >= 0.6 is 0 Å². The highest BCUT2D eigenvalue weighted by atomic mass is 19.1. The second-order valence-corrected chi connectivity index (χ2v) is 3.12. The first-order valence-electron chi connectivity index (χ1n) is 4.35. The van der Waals surface area contributed by atoms with E-state index in [0.717, 1.165) is 11.3 Å². The lowest BCUT2D eigenvalue weighted by atomic mass is 10.2. The average Bonchev–Trinajstić information content (AvgIpc) is 2.47. The summed E-state index contributed by atoms with van der Waals surface area (Å²) in [4.78, 5) is 0. The number of rotatable bonds is 1. The predicted octanol–water partition coefficient (Wildman–Crippen LogP) is 2.34. The topological polar surface area (TPSA) is 17.3 Å². The summed E-state index contributed by atoms with van der Waals surface area (Å²) >= 11 is 0. The highest BCUT2D eigenvalue weighted by Gasteiger charge is 2.07. The molecular weight excluding hydrogens is 167 g/mol. The van der Waals surface area contributed by atoms with Crippen molar-refractivity contribution in [1.82, 2.24) is 9.61 Å². The van der Waals surface area contributed by atoms with Crippen LogP contribution in [-0.4, -0.2) is 9.61 Å². The molecule has 0 bridgehead atoms. The maximum atomic E-state index is 13.6. The fourth-order valence-corrected chi connectivity index (χ4v) is 1.47. The molecule has 0 saturated heterocycles. The third-order valence-corrected chi connectivity index (χ3v) is 2.16. The van der Waals surface area contributed by atoms with Crippen LogP contribution in [0.2, 0.25) is 0 Å². The van der Waals surface area contributed by atoms with Gasteiger partial charge in [-0.3, -0.25) is 0 Å². The number of hydrogen-bond acceptors (Lipinski definition) is 1. The maximum absolute atomic E-state index is 13.6. The maximum Gasteiger partial charge on any atom is 0.152 e. The third-order valence-electron chi connectivity index (χ3n) is 2.16. The molecule has 0 radical (unpaired) electrons. The van der Waals surface area contributed by atoms with Crippen LogP contribution in [-0.2, 0) is 6.42 Å². The quantitative estimate of drug-likeness (QED) is 0.655. The van der Waals surface area contributed by atoms with E-state index >= 15 is 0 Å². The molecule has 2 rings (SSSR count). The van der Waals surface area contributed by atoms with Crippen molar-refractivity contribution in [3.63, 3.8) is 0 Å². The molecule has 13 heavy (non-hydrogen) atoms. The predicted molar refractivity (Wildman–Crippen MR) is 49.3 cm³/mol. The molecule has 2 heterocycles. The van der Waals surface area contributed by atoms with Crippen molar-refractivity contribution in [1.29, 1.82) is 0 Å². The first-order chi connectivity index (χ1) is 6.22. The van der Waals surface area contributed by atoms with Gasteiger partial charge in [0.1, 0.15) is 5.52 Å². The molecule has 0 fully saturated rings. The van der Waals surface area contributed by atoms with Crippen molar-refractivity contribution in [3.8, 4) is 0 Å². The van der Waals surface area contributed by atoms with Crippen LogP contribution < -0.4 is 0 Å². The number of halogens is 1. The molecule has 68 valence electrons. The van der Waals surface area contributed by atoms with Gasteiger partial charge in [-0.25, -0.2) is 8.91 Å². The molecule has 0 N–H and O–H groups in total. The molecule has 2 nitrogen and oxygen atoms in total. The zero-order valence-electron chi connectivity index (χ0n) is 7.71. The van der Waals surface area contributed by atoms with Gasteiger partial charge in [0, 0.05) is 6.20 Å². The normalized spacial score (nSPS) is 11.0. The zero-order valence-corrected chi connectivity index (χ0v) is 7.71. The largest absolute Gasteiger partial charge is 0.238 e. The van der Waals surface area contributed by atoms with Crippen LogP contribution in [0.3, 0.4) is 0 Å². The van der Waals surface area contributed by atoms with Gasteiger partial charge in [0.05, 0.1) is 5.69 Å². The Morgan fingerprint density at radius 3 is 3.00 bits per heavy atom. The molecular formula is C10H11FN2. The second-order valence-electron chi connectivity index (χ2n) is 3.12. The van der Waals surface area contributed by atoms with E-state index < -0.39 is 0 Å². The molecule has 3 heteroatoms. The van der Waals surface area contributed by atoms with Gasteiger partial charge < -0.3 is 0 Å². The van der Waals surface area contributed by atoms with Crippen LogP contribution in [0.5, 0.6) is 0 Å². The molecule has 0 aliphatic rings. The number of aryl methyl sites for hydroxylation is 2. The minimum atomic E-state index is -0.148. The molecule has 0 amide bonds. The summed E-state index contributed by atoms with van der Waals surface area (Å²) in [6.07, 6.45) is 2.51. The zero-order chi connectivity index (χ0) is 9.42. The number of nitrogens with zero attached hydrogens (tertiary/aromatic N) is 2. The Morgan fingerprint density at radius 2 is 2.31 bits per heavy atom. The van der Waals surface area contributed by atoms with E-state index in [9.17, 15) is 4.39 Å². The lowest BCUT2D eigenvalue weighted by molar-refractivity contribution is 0.614. The Morgan fingerprint density at radius 1 is 1.54 bits per heavy atom. The first kappa shape index (κ1) is 8.23. The van der Waals surface area contributed by atoms with E-state index in [-0.39, 0.29) is 5.82 Å². The Labute approximate surface area is 76.0 Å². The smallest absolute Gasteiger partial charge is 0.152 e. The molecule has 0 spiro atoms. The molecule has 2 aromatic heterocycles. The highest BCUT2D eigenvalue weighted by molar-refractivity contribution is 5.51. The molecule has 0 aliphatic carbocycles. The summed E-state index contributed by atoms with van der Waals surface area (Å²) in [5, 5.41) is 4.13. The lowest BCUT2D eigenvalue weighted by Gasteiger charge is -2.00. The van der Waals surface area contributed by atoms with E-state index in [1.54, 1.807) is 22.8 Å². The van der Waals surface area contributed by atoms with Gasteiger partial charge in [-0.15, -0.1) is 0 Å². The van der Waals surface area contributed by atoms with Crippen molar-refractivity contribution in [2.75, 3.05) is 0 Å². The Hall–Kier alpha value is -1.38. The van der Waals surface area contributed by atoms with Gasteiger partial charge >= 0.3 is 0 Å². The molecule has 2 aromatic rings. The summed E-state index contributed by atoms with van der Waals surface area (Å²) in [6, 6.07) is 3.53. The summed E-state index contributed by atoms with van der Waals surface area (Å²) in [5.74, 6) is -0.148. The fourth-order valence-electron chi connectivity index (χ4n) is 1.47. The molecule has 0 aliphatic heterocycles. The summed E-state index contributed by atoms with van der Waals surface area (Å²) < 4.78 is 15.2. The van der Waals surface area contributed by atoms with Crippen LogP contribution in [0.1, 0.15) is 18.2 Å².